The molecular formula is C12H18N2. The Bertz CT molecular complexity index is 301. The van der Waals surface area contributed by atoms with Crippen molar-refractivity contribution in [3.05, 3.63) is 35.4 Å². The Kier molecular flexibility index (Phi) is 2.85. The van der Waals surface area contributed by atoms with Gasteiger partial charge >= 0.3 is 0 Å². The number of rotatable bonds is 2. The number of benzene rings is 1. The average molecular weight is 190 g/mol. The lowest BCUT2D eigenvalue weighted by Gasteiger charge is -2.17. The van der Waals surface area contributed by atoms with Gasteiger partial charge in [0.15, 0.2) is 0 Å². The van der Waals surface area contributed by atoms with Crippen molar-refractivity contribution in [2.75, 3.05) is 6.54 Å². The summed E-state index contributed by atoms with van der Waals surface area (Å²) in [5, 5.41) is 3.51. The van der Waals surface area contributed by atoms with Crippen LogP contribution in [0, 0.1) is 0 Å². The van der Waals surface area contributed by atoms with Crippen molar-refractivity contribution in [3.63, 3.8) is 0 Å². The minimum atomic E-state index is 0.133. The quantitative estimate of drug-likeness (QED) is 0.749. The zero-order valence-electron chi connectivity index (χ0n) is 8.66. The SMILES string of the molecule is C[C@@H](N)c1ccccc1C1CCCN1. The summed E-state index contributed by atoms with van der Waals surface area (Å²) in [5.41, 5.74) is 8.63. The minimum absolute atomic E-state index is 0.133. The maximum atomic E-state index is 5.95. The summed E-state index contributed by atoms with van der Waals surface area (Å²) in [7, 11) is 0. The van der Waals surface area contributed by atoms with Crippen LogP contribution in [0.2, 0.25) is 0 Å². The van der Waals surface area contributed by atoms with Crippen LogP contribution in [0.5, 0.6) is 0 Å². The van der Waals surface area contributed by atoms with Crippen LogP contribution in [0.3, 0.4) is 0 Å². The summed E-state index contributed by atoms with van der Waals surface area (Å²) in [6, 6.07) is 9.16. The lowest BCUT2D eigenvalue weighted by molar-refractivity contribution is 0.630. The highest BCUT2D eigenvalue weighted by Crippen LogP contribution is 2.28. The topological polar surface area (TPSA) is 38.0 Å². The summed E-state index contributed by atoms with van der Waals surface area (Å²) in [6.07, 6.45) is 2.52. The first-order valence-corrected chi connectivity index (χ1v) is 5.37. The Morgan fingerprint density at radius 3 is 2.86 bits per heavy atom. The van der Waals surface area contributed by atoms with Gasteiger partial charge in [-0.25, -0.2) is 0 Å². The molecule has 2 rings (SSSR count). The summed E-state index contributed by atoms with van der Waals surface area (Å²) in [6.45, 7) is 3.19. The molecule has 0 aromatic heterocycles. The fourth-order valence-corrected chi connectivity index (χ4v) is 2.19. The molecule has 0 bridgehead atoms. The van der Waals surface area contributed by atoms with Gasteiger partial charge in [-0.1, -0.05) is 24.3 Å². The largest absolute Gasteiger partial charge is 0.324 e. The maximum absolute atomic E-state index is 5.95. The van der Waals surface area contributed by atoms with Crippen molar-refractivity contribution in [1.82, 2.24) is 5.32 Å². The summed E-state index contributed by atoms with van der Waals surface area (Å²) >= 11 is 0. The van der Waals surface area contributed by atoms with E-state index in [-0.39, 0.29) is 6.04 Å². The van der Waals surface area contributed by atoms with Crippen molar-refractivity contribution in [2.45, 2.75) is 31.8 Å². The van der Waals surface area contributed by atoms with Crippen LogP contribution in [0.15, 0.2) is 24.3 Å². The van der Waals surface area contributed by atoms with Crippen molar-refractivity contribution < 1.29 is 0 Å². The first kappa shape index (κ1) is 9.69. The fourth-order valence-electron chi connectivity index (χ4n) is 2.19. The van der Waals surface area contributed by atoms with Gasteiger partial charge in [0.05, 0.1) is 0 Å². The van der Waals surface area contributed by atoms with E-state index in [1.807, 2.05) is 6.92 Å². The molecule has 1 fully saturated rings. The molecule has 1 unspecified atom stereocenters. The molecule has 1 aromatic carbocycles. The second-order valence-electron chi connectivity index (χ2n) is 4.07. The summed E-state index contributed by atoms with van der Waals surface area (Å²) < 4.78 is 0. The second kappa shape index (κ2) is 4.11. The molecule has 0 aliphatic carbocycles. The van der Waals surface area contributed by atoms with E-state index in [0.717, 1.165) is 6.54 Å². The van der Waals surface area contributed by atoms with E-state index in [4.69, 9.17) is 5.73 Å². The van der Waals surface area contributed by atoms with E-state index >= 15 is 0 Å². The molecular weight excluding hydrogens is 172 g/mol. The normalized spacial score (nSPS) is 23.7. The lowest BCUT2D eigenvalue weighted by Crippen LogP contribution is -2.17. The number of hydrogen-bond donors (Lipinski definition) is 2. The zero-order chi connectivity index (χ0) is 9.97. The molecule has 0 radical (unpaired) electrons. The van der Waals surface area contributed by atoms with Crippen LogP contribution in [0.1, 0.15) is 43.0 Å². The molecule has 2 atom stereocenters. The summed E-state index contributed by atoms with van der Waals surface area (Å²) in [5.74, 6) is 0. The van der Waals surface area contributed by atoms with Crippen LogP contribution in [0.25, 0.3) is 0 Å². The van der Waals surface area contributed by atoms with Crippen LogP contribution in [-0.2, 0) is 0 Å². The minimum Gasteiger partial charge on any atom is -0.324 e. The van der Waals surface area contributed by atoms with Crippen LogP contribution >= 0.6 is 0 Å². The average Bonchev–Trinajstić information content (AvgIpc) is 2.70. The van der Waals surface area contributed by atoms with Crippen molar-refractivity contribution in [3.8, 4) is 0 Å². The van der Waals surface area contributed by atoms with E-state index in [1.165, 1.54) is 24.0 Å². The highest BCUT2D eigenvalue weighted by molar-refractivity contribution is 5.32. The highest BCUT2D eigenvalue weighted by Gasteiger charge is 2.19. The zero-order valence-corrected chi connectivity index (χ0v) is 8.66. The molecule has 2 nitrogen and oxygen atoms in total. The van der Waals surface area contributed by atoms with Gasteiger partial charge in [0.2, 0.25) is 0 Å². The van der Waals surface area contributed by atoms with E-state index < -0.39 is 0 Å². The standard InChI is InChI=1S/C12H18N2/c1-9(13)10-5-2-3-6-11(10)12-7-4-8-14-12/h2-3,5-6,9,12,14H,4,7-8,13H2,1H3/t9-,12?/m1/s1. The second-order valence-corrected chi connectivity index (χ2v) is 4.07. The molecule has 1 saturated heterocycles. The molecule has 0 saturated carbocycles. The monoisotopic (exact) mass is 190 g/mol. The maximum Gasteiger partial charge on any atom is 0.0324 e. The van der Waals surface area contributed by atoms with Gasteiger partial charge in [-0.3, -0.25) is 0 Å². The van der Waals surface area contributed by atoms with E-state index in [9.17, 15) is 0 Å². The lowest BCUT2D eigenvalue weighted by atomic mass is 9.95. The molecule has 1 aliphatic heterocycles. The first-order chi connectivity index (χ1) is 6.79. The summed E-state index contributed by atoms with van der Waals surface area (Å²) in [4.78, 5) is 0. The predicted octanol–water partition coefficient (Wildman–Crippen LogP) is 2.13. The Morgan fingerprint density at radius 2 is 2.21 bits per heavy atom. The van der Waals surface area contributed by atoms with Crippen LogP contribution in [-0.4, -0.2) is 6.54 Å². The van der Waals surface area contributed by atoms with Gasteiger partial charge in [0, 0.05) is 12.1 Å². The van der Waals surface area contributed by atoms with Crippen molar-refractivity contribution >= 4 is 0 Å². The smallest absolute Gasteiger partial charge is 0.0324 e. The molecule has 0 amide bonds. The van der Waals surface area contributed by atoms with Gasteiger partial charge in [-0.15, -0.1) is 0 Å². The molecule has 1 aliphatic rings. The highest BCUT2D eigenvalue weighted by atomic mass is 14.9. The third-order valence-corrected chi connectivity index (χ3v) is 2.92. The van der Waals surface area contributed by atoms with E-state index in [0.29, 0.717) is 6.04 Å². The molecule has 0 spiro atoms. The van der Waals surface area contributed by atoms with Crippen molar-refractivity contribution in [1.29, 1.82) is 0 Å². The molecule has 2 heteroatoms. The molecule has 76 valence electrons. The third-order valence-electron chi connectivity index (χ3n) is 2.92. The predicted molar refractivity (Wildman–Crippen MR) is 59.0 cm³/mol. The Morgan fingerprint density at radius 1 is 1.43 bits per heavy atom. The number of nitrogens with two attached hydrogens (primary N) is 1. The molecule has 1 aromatic rings. The first-order valence-electron chi connectivity index (χ1n) is 5.37. The third kappa shape index (κ3) is 1.81. The Labute approximate surface area is 85.5 Å². The van der Waals surface area contributed by atoms with Gasteiger partial charge < -0.3 is 11.1 Å². The Hall–Kier alpha value is -0.860. The molecule has 1 heterocycles. The van der Waals surface area contributed by atoms with Gasteiger partial charge in [0.25, 0.3) is 0 Å². The van der Waals surface area contributed by atoms with E-state index in [2.05, 4.69) is 29.6 Å². The fraction of sp³-hybridized carbons (Fsp3) is 0.500. The van der Waals surface area contributed by atoms with Crippen LogP contribution < -0.4 is 11.1 Å². The van der Waals surface area contributed by atoms with Gasteiger partial charge in [-0.05, 0) is 37.4 Å². The molecule has 14 heavy (non-hydrogen) atoms. The van der Waals surface area contributed by atoms with E-state index in [1.54, 1.807) is 0 Å². The van der Waals surface area contributed by atoms with Gasteiger partial charge in [-0.2, -0.15) is 0 Å². The number of nitrogens with one attached hydrogen (secondary N) is 1. The Balaban J connectivity index is 2.30. The molecule has 3 N–H and O–H groups in total. The van der Waals surface area contributed by atoms with Crippen molar-refractivity contribution in [2.24, 2.45) is 5.73 Å². The van der Waals surface area contributed by atoms with Gasteiger partial charge in [0.1, 0.15) is 0 Å². The van der Waals surface area contributed by atoms with Crippen LogP contribution in [0.4, 0.5) is 0 Å². The number of hydrogen-bond acceptors (Lipinski definition) is 2.